The minimum absolute atomic E-state index is 0.0663. The van der Waals surface area contributed by atoms with E-state index in [2.05, 4.69) is 16.0 Å². The van der Waals surface area contributed by atoms with Crippen molar-refractivity contribution in [2.75, 3.05) is 6.61 Å². The lowest BCUT2D eigenvalue weighted by atomic mass is 10.1. The quantitative estimate of drug-likeness (QED) is 0.769. The summed E-state index contributed by atoms with van der Waals surface area (Å²) in [6.07, 6.45) is 2.87. The highest BCUT2D eigenvalue weighted by Gasteiger charge is 2.34. The van der Waals surface area contributed by atoms with E-state index in [9.17, 15) is 4.79 Å². The Morgan fingerprint density at radius 2 is 2.08 bits per heavy atom. The topological polar surface area (TPSA) is 54.3 Å². The molecule has 0 saturated carbocycles. The summed E-state index contributed by atoms with van der Waals surface area (Å²) in [5, 5.41) is 13.9. The second-order valence-electron chi connectivity index (χ2n) is 6.10. The minimum Gasteiger partial charge on any atom is -0.387 e. The molecule has 0 aliphatic heterocycles. The fraction of sp³-hybridized carbons (Fsp3) is 0.211. The predicted octanol–water partition coefficient (Wildman–Crippen LogP) is 3.24. The molecule has 122 valence electrons. The average molecular weight is 341 g/mol. The van der Waals surface area contributed by atoms with Crippen molar-refractivity contribution < 1.29 is 9.90 Å². The van der Waals surface area contributed by atoms with Gasteiger partial charge in [0.25, 0.3) is 0 Å². The highest BCUT2D eigenvalue weighted by Crippen LogP contribution is 2.41. The van der Waals surface area contributed by atoms with E-state index in [1.165, 1.54) is 5.56 Å². The minimum atomic E-state index is -0.507. The van der Waals surface area contributed by atoms with Crippen molar-refractivity contribution in [2.45, 2.75) is 18.5 Å². The van der Waals surface area contributed by atoms with E-state index in [4.69, 9.17) is 16.7 Å². The van der Waals surface area contributed by atoms with Crippen LogP contribution in [0.3, 0.4) is 0 Å². The highest BCUT2D eigenvalue weighted by molar-refractivity contribution is 6.31. The zero-order chi connectivity index (χ0) is 16.7. The summed E-state index contributed by atoms with van der Waals surface area (Å²) in [7, 11) is 0. The van der Waals surface area contributed by atoms with Crippen molar-refractivity contribution in [1.29, 1.82) is 0 Å². The van der Waals surface area contributed by atoms with Crippen LogP contribution in [-0.4, -0.2) is 22.2 Å². The van der Waals surface area contributed by atoms with E-state index in [0.717, 1.165) is 22.9 Å². The van der Waals surface area contributed by atoms with Crippen molar-refractivity contribution in [2.24, 2.45) is 0 Å². The van der Waals surface area contributed by atoms with Crippen molar-refractivity contribution in [1.82, 2.24) is 9.88 Å². The molecule has 2 atom stereocenters. The molecule has 1 heterocycles. The number of aromatic nitrogens is 1. The second kappa shape index (κ2) is 5.96. The van der Waals surface area contributed by atoms with Crippen LogP contribution in [0.15, 0.2) is 54.7 Å². The van der Waals surface area contributed by atoms with Gasteiger partial charge in [-0.1, -0.05) is 35.9 Å². The average Bonchev–Trinajstić information content (AvgIpc) is 3.15. The van der Waals surface area contributed by atoms with E-state index in [1.54, 1.807) is 0 Å². The Kier molecular flexibility index (Phi) is 3.79. The van der Waals surface area contributed by atoms with Gasteiger partial charge in [0.05, 0.1) is 12.1 Å². The number of benzene rings is 2. The molecular formula is C19H17ClN2O2. The molecule has 2 N–H and O–H groups in total. The maximum absolute atomic E-state index is 11.8. The fourth-order valence-electron chi connectivity index (χ4n) is 3.65. The van der Waals surface area contributed by atoms with Crippen LogP contribution in [-0.2, 0) is 11.2 Å². The Bertz CT molecular complexity index is 919. The van der Waals surface area contributed by atoms with E-state index >= 15 is 0 Å². The van der Waals surface area contributed by atoms with E-state index < -0.39 is 6.61 Å². The molecule has 1 aliphatic rings. The molecule has 24 heavy (non-hydrogen) atoms. The first-order chi connectivity index (χ1) is 11.7. The van der Waals surface area contributed by atoms with Gasteiger partial charge in [0.2, 0.25) is 5.91 Å². The summed E-state index contributed by atoms with van der Waals surface area (Å²) in [5.74, 6) is -0.360. The van der Waals surface area contributed by atoms with Crippen molar-refractivity contribution in [3.05, 3.63) is 70.9 Å². The molecule has 0 bridgehead atoms. The van der Waals surface area contributed by atoms with Gasteiger partial charge in [0.15, 0.2) is 0 Å². The Balaban J connectivity index is 1.79. The Hall–Kier alpha value is -2.30. The highest BCUT2D eigenvalue weighted by atomic mass is 35.5. The monoisotopic (exact) mass is 340 g/mol. The normalized spacial score (nSPS) is 19.4. The number of hydrogen-bond acceptors (Lipinski definition) is 2. The molecule has 0 unspecified atom stereocenters. The first-order valence-corrected chi connectivity index (χ1v) is 8.29. The predicted molar refractivity (Wildman–Crippen MR) is 94.1 cm³/mol. The molecule has 1 aromatic heterocycles. The molecule has 5 heteroatoms. The van der Waals surface area contributed by atoms with Gasteiger partial charge in [-0.25, -0.2) is 0 Å². The summed E-state index contributed by atoms with van der Waals surface area (Å²) >= 11 is 6.08. The third-order valence-electron chi connectivity index (χ3n) is 4.70. The maximum atomic E-state index is 11.8. The molecule has 2 aromatic carbocycles. The van der Waals surface area contributed by atoms with Crippen LogP contribution in [0.1, 0.15) is 23.2 Å². The van der Waals surface area contributed by atoms with Crippen LogP contribution in [0.5, 0.6) is 0 Å². The molecule has 1 aliphatic carbocycles. The summed E-state index contributed by atoms with van der Waals surface area (Å²) in [6.45, 7) is -0.507. The lowest BCUT2D eigenvalue weighted by molar-refractivity contribution is -0.124. The summed E-state index contributed by atoms with van der Waals surface area (Å²) in [4.78, 5) is 11.8. The van der Waals surface area contributed by atoms with Crippen LogP contribution in [0.25, 0.3) is 10.9 Å². The standard InChI is InChI=1S/C19H17ClN2O2/c20-14-5-6-16-13(9-14)7-8-22(16)17-10-12-3-1-2-4-15(12)19(17)21-18(24)11-23/h1-9,17,19,23H,10-11H2,(H,21,24)/t17-,19-/m1/s1. The van der Waals surface area contributed by atoms with Crippen molar-refractivity contribution in [3.8, 4) is 0 Å². The van der Waals surface area contributed by atoms with Crippen LogP contribution >= 0.6 is 11.6 Å². The van der Waals surface area contributed by atoms with Gasteiger partial charge in [0.1, 0.15) is 6.61 Å². The molecule has 0 fully saturated rings. The number of fused-ring (bicyclic) bond motifs is 2. The Morgan fingerprint density at radius 1 is 1.25 bits per heavy atom. The molecule has 3 aromatic rings. The SMILES string of the molecule is O=C(CO)N[C@@H]1c2ccccc2C[C@H]1n1ccc2cc(Cl)ccc21. The van der Waals surface area contributed by atoms with Crippen LogP contribution in [0.2, 0.25) is 5.02 Å². The number of amides is 1. The van der Waals surface area contributed by atoms with Crippen molar-refractivity contribution in [3.63, 3.8) is 0 Å². The number of halogens is 1. The van der Waals surface area contributed by atoms with Crippen molar-refractivity contribution >= 4 is 28.4 Å². The zero-order valence-electron chi connectivity index (χ0n) is 12.9. The number of carbonyl (C=O) groups is 1. The third-order valence-corrected chi connectivity index (χ3v) is 4.94. The number of aliphatic hydroxyl groups excluding tert-OH is 1. The third kappa shape index (κ3) is 2.48. The molecular weight excluding hydrogens is 324 g/mol. The van der Waals surface area contributed by atoms with Gasteiger partial charge in [0, 0.05) is 22.1 Å². The van der Waals surface area contributed by atoms with E-state index in [0.29, 0.717) is 5.02 Å². The number of carbonyl (C=O) groups excluding carboxylic acids is 1. The molecule has 0 saturated heterocycles. The lowest BCUT2D eigenvalue weighted by Crippen LogP contribution is -2.34. The van der Waals surface area contributed by atoms with Gasteiger partial charge in [-0.2, -0.15) is 0 Å². The van der Waals surface area contributed by atoms with E-state index in [1.807, 2.05) is 48.7 Å². The zero-order valence-corrected chi connectivity index (χ0v) is 13.7. The molecule has 0 radical (unpaired) electrons. The number of rotatable bonds is 3. The Morgan fingerprint density at radius 3 is 2.92 bits per heavy atom. The number of aliphatic hydroxyl groups is 1. The van der Waals surface area contributed by atoms with E-state index in [-0.39, 0.29) is 18.0 Å². The molecule has 0 spiro atoms. The molecule has 4 nitrogen and oxygen atoms in total. The second-order valence-corrected chi connectivity index (χ2v) is 6.54. The number of nitrogens with one attached hydrogen (secondary N) is 1. The van der Waals surface area contributed by atoms with Gasteiger partial charge in [-0.3, -0.25) is 4.79 Å². The smallest absolute Gasteiger partial charge is 0.246 e. The van der Waals surface area contributed by atoms with Gasteiger partial charge in [-0.15, -0.1) is 0 Å². The lowest BCUT2D eigenvalue weighted by Gasteiger charge is -2.24. The summed E-state index contributed by atoms with van der Waals surface area (Å²) < 4.78 is 2.19. The maximum Gasteiger partial charge on any atom is 0.246 e. The van der Waals surface area contributed by atoms with Crippen LogP contribution in [0, 0.1) is 0 Å². The van der Waals surface area contributed by atoms with Gasteiger partial charge < -0.3 is 15.0 Å². The fourth-order valence-corrected chi connectivity index (χ4v) is 3.83. The molecule has 4 rings (SSSR count). The van der Waals surface area contributed by atoms with Gasteiger partial charge >= 0.3 is 0 Å². The summed E-state index contributed by atoms with van der Waals surface area (Å²) in [6, 6.07) is 15.9. The Labute approximate surface area is 144 Å². The first-order valence-electron chi connectivity index (χ1n) is 7.91. The first kappa shape index (κ1) is 15.2. The largest absolute Gasteiger partial charge is 0.387 e. The van der Waals surface area contributed by atoms with Crippen LogP contribution in [0.4, 0.5) is 0 Å². The number of nitrogens with zero attached hydrogens (tertiary/aromatic N) is 1. The number of hydrogen-bond donors (Lipinski definition) is 2. The van der Waals surface area contributed by atoms with Gasteiger partial charge in [-0.05, 0) is 41.8 Å². The molecule has 1 amide bonds. The van der Waals surface area contributed by atoms with Crippen LogP contribution < -0.4 is 5.32 Å². The summed E-state index contributed by atoms with van der Waals surface area (Å²) in [5.41, 5.74) is 3.42.